The van der Waals surface area contributed by atoms with E-state index in [-0.39, 0.29) is 0 Å². The molecule has 1 fully saturated rings. The lowest BCUT2D eigenvalue weighted by molar-refractivity contribution is 0.194. The quantitative estimate of drug-likeness (QED) is 0.390. The zero-order valence-electron chi connectivity index (χ0n) is 14.2. The molecule has 1 aliphatic carbocycles. The third kappa shape index (κ3) is 8.57. The van der Waals surface area contributed by atoms with Gasteiger partial charge in [0.05, 0.1) is 0 Å². The van der Waals surface area contributed by atoms with Crippen LogP contribution < -0.4 is 10.6 Å². The highest BCUT2D eigenvalue weighted by molar-refractivity contribution is 7.98. The smallest absolute Gasteiger partial charge is 0.191 e. The van der Waals surface area contributed by atoms with E-state index >= 15 is 0 Å². The van der Waals surface area contributed by atoms with Crippen LogP contribution in [0.4, 0.5) is 0 Å². The number of unbranched alkanes of at least 4 members (excludes halogenated alkanes) is 1. The molecule has 1 aliphatic rings. The van der Waals surface area contributed by atoms with E-state index in [2.05, 4.69) is 33.8 Å². The molecule has 1 saturated carbocycles. The lowest BCUT2D eigenvalue weighted by Gasteiger charge is -2.31. The highest BCUT2D eigenvalue weighted by atomic mass is 32.2. The van der Waals surface area contributed by atoms with Gasteiger partial charge in [-0.3, -0.25) is 4.99 Å². The van der Waals surface area contributed by atoms with Crippen LogP contribution in [-0.2, 0) is 0 Å². The molecule has 0 radical (unpaired) electrons. The molecule has 0 aromatic carbocycles. The van der Waals surface area contributed by atoms with E-state index in [4.69, 9.17) is 0 Å². The van der Waals surface area contributed by atoms with Crippen LogP contribution in [0.5, 0.6) is 0 Å². The van der Waals surface area contributed by atoms with E-state index in [9.17, 15) is 0 Å². The number of hydrogen-bond acceptors (Lipinski definition) is 3. The molecule has 0 saturated heterocycles. The number of thioether (sulfide) groups is 1. The van der Waals surface area contributed by atoms with Crippen LogP contribution in [0.3, 0.4) is 0 Å². The summed E-state index contributed by atoms with van der Waals surface area (Å²) in [5, 5.41) is 6.82. The molecule has 1 rings (SSSR count). The normalized spacial score (nSPS) is 17.2. The first-order chi connectivity index (χ1) is 10.3. The van der Waals surface area contributed by atoms with Gasteiger partial charge in [0.1, 0.15) is 0 Å². The number of rotatable bonds is 9. The predicted octanol–water partition coefficient (Wildman–Crippen LogP) is 2.56. The Kier molecular flexibility index (Phi) is 10.8. The molecule has 0 aromatic heterocycles. The molecule has 5 heteroatoms. The maximum atomic E-state index is 4.29. The minimum Gasteiger partial charge on any atom is -0.356 e. The Morgan fingerprint density at radius 2 is 1.86 bits per heavy atom. The summed E-state index contributed by atoms with van der Waals surface area (Å²) < 4.78 is 0. The molecule has 0 aromatic rings. The van der Waals surface area contributed by atoms with Gasteiger partial charge in [-0.15, -0.1) is 0 Å². The summed E-state index contributed by atoms with van der Waals surface area (Å²) in [6.07, 6.45) is 11.6. The third-order valence-electron chi connectivity index (χ3n) is 4.25. The van der Waals surface area contributed by atoms with E-state index in [1.807, 2.05) is 18.8 Å². The molecule has 0 atom stereocenters. The molecule has 0 bridgehead atoms. The molecular formula is C16H34N4S. The number of guanidine groups is 1. The summed E-state index contributed by atoms with van der Waals surface area (Å²) >= 11 is 1.92. The van der Waals surface area contributed by atoms with Gasteiger partial charge in [-0.1, -0.05) is 19.3 Å². The monoisotopic (exact) mass is 314 g/mol. The number of nitrogens with one attached hydrogen (secondary N) is 2. The number of likely N-dealkylation sites (N-methyl/N-ethyl adjacent to an activating group) is 1. The van der Waals surface area contributed by atoms with Crippen molar-refractivity contribution in [1.29, 1.82) is 0 Å². The summed E-state index contributed by atoms with van der Waals surface area (Å²) in [7, 11) is 4.11. The average Bonchev–Trinajstić information content (AvgIpc) is 2.53. The van der Waals surface area contributed by atoms with Crippen molar-refractivity contribution in [2.45, 2.75) is 51.0 Å². The Labute approximate surface area is 135 Å². The summed E-state index contributed by atoms with van der Waals surface area (Å²) in [6, 6.07) is 0.794. The average molecular weight is 315 g/mol. The molecule has 0 unspecified atom stereocenters. The van der Waals surface area contributed by atoms with Crippen LogP contribution in [-0.4, -0.2) is 62.6 Å². The van der Waals surface area contributed by atoms with Gasteiger partial charge >= 0.3 is 0 Å². The maximum Gasteiger partial charge on any atom is 0.191 e. The lowest BCUT2D eigenvalue weighted by Crippen LogP contribution is -2.43. The molecule has 2 N–H and O–H groups in total. The molecule has 21 heavy (non-hydrogen) atoms. The molecule has 124 valence electrons. The van der Waals surface area contributed by atoms with Gasteiger partial charge < -0.3 is 15.5 Å². The topological polar surface area (TPSA) is 39.7 Å². The van der Waals surface area contributed by atoms with Crippen LogP contribution >= 0.6 is 11.8 Å². The lowest BCUT2D eigenvalue weighted by atomic mass is 9.94. The van der Waals surface area contributed by atoms with Crippen molar-refractivity contribution < 1.29 is 0 Å². The van der Waals surface area contributed by atoms with Crippen molar-refractivity contribution in [3.05, 3.63) is 0 Å². The molecule has 0 amide bonds. The molecule has 4 nitrogen and oxygen atoms in total. The fraction of sp³-hybridized carbons (Fsp3) is 0.938. The first kappa shape index (κ1) is 18.6. The van der Waals surface area contributed by atoms with Gasteiger partial charge in [0.2, 0.25) is 0 Å². The fourth-order valence-electron chi connectivity index (χ4n) is 2.85. The molecule has 0 spiro atoms. The van der Waals surface area contributed by atoms with Crippen LogP contribution in [0.25, 0.3) is 0 Å². The summed E-state index contributed by atoms with van der Waals surface area (Å²) in [5.41, 5.74) is 0. The Morgan fingerprint density at radius 3 is 2.52 bits per heavy atom. The third-order valence-corrected chi connectivity index (χ3v) is 4.94. The zero-order valence-corrected chi connectivity index (χ0v) is 15.0. The molecule has 0 heterocycles. The highest BCUT2D eigenvalue weighted by Gasteiger charge is 2.17. The van der Waals surface area contributed by atoms with E-state index < -0.39 is 0 Å². The second kappa shape index (κ2) is 12.2. The Balaban J connectivity index is 2.08. The highest BCUT2D eigenvalue weighted by Crippen LogP contribution is 2.21. The summed E-state index contributed by atoms with van der Waals surface area (Å²) in [5.74, 6) is 2.19. The Bertz CT molecular complexity index is 277. The van der Waals surface area contributed by atoms with Crippen molar-refractivity contribution in [3.63, 3.8) is 0 Å². The molecule has 0 aliphatic heterocycles. The second-order valence-corrected chi connectivity index (χ2v) is 6.88. The first-order valence-corrected chi connectivity index (χ1v) is 9.81. The van der Waals surface area contributed by atoms with Gasteiger partial charge in [0, 0.05) is 32.7 Å². The van der Waals surface area contributed by atoms with Crippen molar-refractivity contribution >= 4 is 17.7 Å². The van der Waals surface area contributed by atoms with Crippen molar-refractivity contribution in [2.75, 3.05) is 45.7 Å². The van der Waals surface area contributed by atoms with Crippen LogP contribution in [0.2, 0.25) is 0 Å². The van der Waals surface area contributed by atoms with Gasteiger partial charge in [0.25, 0.3) is 0 Å². The van der Waals surface area contributed by atoms with Gasteiger partial charge in [0.15, 0.2) is 5.96 Å². The maximum absolute atomic E-state index is 4.29. The van der Waals surface area contributed by atoms with Gasteiger partial charge in [-0.2, -0.15) is 11.8 Å². The largest absolute Gasteiger partial charge is 0.356 e. The van der Waals surface area contributed by atoms with Crippen LogP contribution in [0, 0.1) is 0 Å². The number of aliphatic imine (C=N–C) groups is 1. The minimum absolute atomic E-state index is 0.794. The Hall–Kier alpha value is -0.420. The van der Waals surface area contributed by atoms with Crippen LogP contribution in [0.15, 0.2) is 4.99 Å². The van der Waals surface area contributed by atoms with Gasteiger partial charge in [-0.05, 0) is 44.7 Å². The van der Waals surface area contributed by atoms with E-state index in [0.29, 0.717) is 0 Å². The summed E-state index contributed by atoms with van der Waals surface area (Å²) in [4.78, 5) is 6.80. The second-order valence-electron chi connectivity index (χ2n) is 5.90. The number of hydrogen-bond donors (Lipinski definition) is 2. The van der Waals surface area contributed by atoms with Crippen molar-refractivity contribution in [2.24, 2.45) is 4.99 Å². The standard InChI is InChI=1S/C16H34N4S/c1-17-16(18-11-7-8-14-21-3)19-12-13-20(2)15-9-5-4-6-10-15/h15H,4-14H2,1-3H3,(H2,17,18,19). The van der Waals surface area contributed by atoms with E-state index in [1.54, 1.807) is 0 Å². The Morgan fingerprint density at radius 1 is 1.14 bits per heavy atom. The predicted molar refractivity (Wildman–Crippen MR) is 96.5 cm³/mol. The fourth-order valence-corrected chi connectivity index (χ4v) is 3.35. The summed E-state index contributed by atoms with van der Waals surface area (Å²) in [6.45, 7) is 3.08. The van der Waals surface area contributed by atoms with Gasteiger partial charge in [-0.25, -0.2) is 0 Å². The van der Waals surface area contributed by atoms with E-state index in [1.165, 1.54) is 50.7 Å². The SMILES string of the molecule is CN=C(NCCCCSC)NCCN(C)C1CCCCC1. The van der Waals surface area contributed by atoms with E-state index in [0.717, 1.165) is 31.6 Å². The van der Waals surface area contributed by atoms with Crippen molar-refractivity contribution in [3.8, 4) is 0 Å². The van der Waals surface area contributed by atoms with Crippen LogP contribution in [0.1, 0.15) is 44.9 Å². The molecular weight excluding hydrogens is 280 g/mol. The minimum atomic E-state index is 0.794. The number of nitrogens with zero attached hydrogens (tertiary/aromatic N) is 2. The first-order valence-electron chi connectivity index (χ1n) is 8.41. The van der Waals surface area contributed by atoms with Crippen molar-refractivity contribution in [1.82, 2.24) is 15.5 Å². The zero-order chi connectivity index (χ0) is 15.3.